The first kappa shape index (κ1) is 17.2. The smallest absolute Gasteiger partial charge is 0.263 e. The molecule has 0 atom stereocenters. The summed E-state index contributed by atoms with van der Waals surface area (Å²) in [6.45, 7) is 2.11. The zero-order chi connectivity index (χ0) is 18.0. The third-order valence-electron chi connectivity index (χ3n) is 3.97. The molecule has 0 aliphatic rings. The molecule has 0 bridgehead atoms. The minimum absolute atomic E-state index is 0.223. The molecule has 0 saturated heterocycles. The van der Waals surface area contributed by atoms with Crippen LogP contribution in [0.5, 0.6) is 0 Å². The topological polar surface area (TPSA) is 38.1 Å². The van der Waals surface area contributed by atoms with Crippen molar-refractivity contribution in [2.75, 3.05) is 11.9 Å². The van der Waals surface area contributed by atoms with Gasteiger partial charge in [-0.25, -0.2) is 9.07 Å². The number of rotatable bonds is 4. The van der Waals surface area contributed by atoms with Crippen molar-refractivity contribution in [3.05, 3.63) is 82.4 Å². The van der Waals surface area contributed by atoms with Crippen molar-refractivity contribution >= 4 is 23.2 Å². The lowest BCUT2D eigenvalue weighted by atomic mass is 10.2. The van der Waals surface area contributed by atoms with Crippen molar-refractivity contribution in [1.29, 1.82) is 0 Å². The minimum atomic E-state index is -0.299. The molecule has 0 aliphatic heterocycles. The molecule has 1 heterocycles. The van der Waals surface area contributed by atoms with Gasteiger partial charge in [-0.3, -0.25) is 4.79 Å². The van der Waals surface area contributed by atoms with E-state index in [1.807, 2.05) is 30.3 Å². The number of halogens is 2. The molecule has 3 rings (SSSR count). The highest BCUT2D eigenvalue weighted by Gasteiger charge is 2.24. The van der Waals surface area contributed by atoms with E-state index < -0.39 is 0 Å². The van der Waals surface area contributed by atoms with Crippen molar-refractivity contribution in [2.24, 2.45) is 0 Å². The number of anilines is 1. The standard InChI is InChI=1S/C19H17ClFN3O/c1-13-17(19(25)23(2)16-6-4-3-5-7-16)18(20)24(22-13)12-14-8-10-15(21)11-9-14/h3-11H,12H2,1-2H3. The Hall–Kier alpha value is -2.66. The summed E-state index contributed by atoms with van der Waals surface area (Å²) in [4.78, 5) is 14.4. The molecule has 2 aromatic carbocycles. The number of hydrogen-bond acceptors (Lipinski definition) is 2. The van der Waals surface area contributed by atoms with E-state index in [0.717, 1.165) is 11.3 Å². The Bertz CT molecular complexity index is 891. The molecule has 1 aromatic heterocycles. The number of carbonyl (C=O) groups excluding carboxylic acids is 1. The van der Waals surface area contributed by atoms with Crippen LogP contribution in [-0.4, -0.2) is 22.7 Å². The molecule has 128 valence electrons. The summed E-state index contributed by atoms with van der Waals surface area (Å²) in [6, 6.07) is 15.4. The Balaban J connectivity index is 1.89. The van der Waals surface area contributed by atoms with Gasteiger partial charge in [0, 0.05) is 12.7 Å². The summed E-state index contributed by atoms with van der Waals surface area (Å²) < 4.78 is 14.6. The molecular weight excluding hydrogens is 341 g/mol. The quantitative estimate of drug-likeness (QED) is 0.697. The average molecular weight is 358 g/mol. The Morgan fingerprint density at radius 1 is 1.16 bits per heavy atom. The number of aromatic nitrogens is 2. The first-order chi connectivity index (χ1) is 12.0. The Morgan fingerprint density at radius 2 is 1.80 bits per heavy atom. The number of para-hydroxylation sites is 1. The predicted octanol–water partition coefficient (Wildman–Crippen LogP) is 4.31. The largest absolute Gasteiger partial charge is 0.311 e. The molecule has 3 aromatic rings. The van der Waals surface area contributed by atoms with Crippen LogP contribution in [0.2, 0.25) is 5.15 Å². The van der Waals surface area contributed by atoms with Crippen LogP contribution in [0.15, 0.2) is 54.6 Å². The third-order valence-corrected chi connectivity index (χ3v) is 4.36. The molecule has 0 fully saturated rings. The number of nitrogens with zero attached hydrogens (tertiary/aromatic N) is 3. The summed E-state index contributed by atoms with van der Waals surface area (Å²) in [5.74, 6) is -0.522. The molecule has 0 saturated carbocycles. The van der Waals surface area contributed by atoms with Gasteiger partial charge in [0.15, 0.2) is 0 Å². The van der Waals surface area contributed by atoms with Gasteiger partial charge < -0.3 is 4.90 Å². The van der Waals surface area contributed by atoms with Gasteiger partial charge in [0.1, 0.15) is 11.0 Å². The van der Waals surface area contributed by atoms with E-state index in [0.29, 0.717) is 17.8 Å². The second-order valence-electron chi connectivity index (χ2n) is 5.74. The molecule has 0 spiro atoms. The average Bonchev–Trinajstić information content (AvgIpc) is 2.90. The van der Waals surface area contributed by atoms with Crippen LogP contribution in [0.25, 0.3) is 0 Å². The number of carbonyl (C=O) groups is 1. The third kappa shape index (κ3) is 3.56. The molecule has 0 N–H and O–H groups in total. The maximum absolute atomic E-state index is 13.0. The normalized spacial score (nSPS) is 10.7. The zero-order valence-electron chi connectivity index (χ0n) is 13.9. The lowest BCUT2D eigenvalue weighted by Crippen LogP contribution is -2.26. The molecule has 0 aliphatic carbocycles. The highest BCUT2D eigenvalue weighted by Crippen LogP contribution is 2.24. The van der Waals surface area contributed by atoms with Crippen LogP contribution in [-0.2, 0) is 6.54 Å². The number of aryl methyl sites for hydroxylation is 1. The van der Waals surface area contributed by atoms with Gasteiger partial charge in [-0.1, -0.05) is 41.9 Å². The molecule has 1 amide bonds. The van der Waals surface area contributed by atoms with Crippen LogP contribution >= 0.6 is 11.6 Å². The van der Waals surface area contributed by atoms with Gasteiger partial charge in [0.2, 0.25) is 0 Å². The van der Waals surface area contributed by atoms with Crippen LogP contribution in [0.3, 0.4) is 0 Å². The summed E-state index contributed by atoms with van der Waals surface area (Å²) in [6.07, 6.45) is 0. The van der Waals surface area contributed by atoms with Crippen molar-refractivity contribution in [3.8, 4) is 0 Å². The second kappa shape index (κ2) is 7.07. The first-order valence-electron chi connectivity index (χ1n) is 7.78. The maximum atomic E-state index is 13.0. The van der Waals surface area contributed by atoms with Crippen molar-refractivity contribution in [1.82, 2.24) is 9.78 Å². The van der Waals surface area contributed by atoms with E-state index >= 15 is 0 Å². The lowest BCUT2D eigenvalue weighted by Gasteiger charge is -2.17. The van der Waals surface area contributed by atoms with E-state index in [-0.39, 0.29) is 16.9 Å². The van der Waals surface area contributed by atoms with Crippen molar-refractivity contribution < 1.29 is 9.18 Å². The van der Waals surface area contributed by atoms with Crippen LogP contribution in [0.4, 0.5) is 10.1 Å². The number of benzene rings is 2. The van der Waals surface area contributed by atoms with Gasteiger partial charge in [-0.2, -0.15) is 5.10 Å². The van der Waals surface area contributed by atoms with E-state index in [1.54, 1.807) is 30.8 Å². The van der Waals surface area contributed by atoms with Crippen LogP contribution < -0.4 is 4.90 Å². The highest BCUT2D eigenvalue weighted by molar-refractivity contribution is 6.33. The Labute approximate surface area is 150 Å². The predicted molar refractivity (Wildman–Crippen MR) is 96.7 cm³/mol. The number of hydrogen-bond donors (Lipinski definition) is 0. The van der Waals surface area contributed by atoms with E-state index in [1.165, 1.54) is 17.0 Å². The molecule has 6 heteroatoms. The van der Waals surface area contributed by atoms with Gasteiger partial charge >= 0.3 is 0 Å². The lowest BCUT2D eigenvalue weighted by molar-refractivity contribution is 0.0992. The monoisotopic (exact) mass is 357 g/mol. The summed E-state index contributed by atoms with van der Waals surface area (Å²) >= 11 is 6.42. The van der Waals surface area contributed by atoms with E-state index in [9.17, 15) is 9.18 Å². The van der Waals surface area contributed by atoms with Gasteiger partial charge in [-0.05, 0) is 36.8 Å². The first-order valence-corrected chi connectivity index (χ1v) is 8.15. The molecule has 0 radical (unpaired) electrons. The molecular formula is C19H17ClFN3O. The summed E-state index contributed by atoms with van der Waals surface area (Å²) in [7, 11) is 1.70. The Morgan fingerprint density at radius 3 is 2.44 bits per heavy atom. The van der Waals surface area contributed by atoms with Crippen molar-refractivity contribution in [3.63, 3.8) is 0 Å². The molecule has 4 nitrogen and oxygen atoms in total. The second-order valence-corrected chi connectivity index (χ2v) is 6.09. The van der Waals surface area contributed by atoms with E-state index in [4.69, 9.17) is 11.6 Å². The van der Waals surface area contributed by atoms with Crippen molar-refractivity contribution in [2.45, 2.75) is 13.5 Å². The summed E-state index contributed by atoms with van der Waals surface area (Å²) in [5.41, 5.74) is 2.55. The fourth-order valence-corrected chi connectivity index (χ4v) is 2.92. The highest BCUT2D eigenvalue weighted by atomic mass is 35.5. The zero-order valence-corrected chi connectivity index (χ0v) is 14.7. The fraction of sp³-hybridized carbons (Fsp3) is 0.158. The maximum Gasteiger partial charge on any atom is 0.263 e. The van der Waals surface area contributed by atoms with Gasteiger partial charge in [0.05, 0.1) is 17.8 Å². The van der Waals surface area contributed by atoms with Crippen LogP contribution in [0.1, 0.15) is 21.6 Å². The van der Waals surface area contributed by atoms with Crippen LogP contribution in [0, 0.1) is 12.7 Å². The Kier molecular flexibility index (Phi) is 4.86. The number of amides is 1. The fourth-order valence-electron chi connectivity index (χ4n) is 2.60. The van der Waals surface area contributed by atoms with Gasteiger partial charge in [0.25, 0.3) is 5.91 Å². The van der Waals surface area contributed by atoms with Gasteiger partial charge in [-0.15, -0.1) is 0 Å². The SMILES string of the molecule is Cc1nn(Cc2ccc(F)cc2)c(Cl)c1C(=O)N(C)c1ccccc1. The van der Waals surface area contributed by atoms with E-state index in [2.05, 4.69) is 5.10 Å². The minimum Gasteiger partial charge on any atom is -0.311 e. The molecule has 0 unspecified atom stereocenters. The molecule has 25 heavy (non-hydrogen) atoms. The summed E-state index contributed by atoms with van der Waals surface area (Å²) in [5, 5.41) is 4.64.